The van der Waals surface area contributed by atoms with E-state index in [2.05, 4.69) is 4.99 Å². The van der Waals surface area contributed by atoms with E-state index in [0.29, 0.717) is 28.1 Å². The number of rotatable bonds is 4. The first-order valence-corrected chi connectivity index (χ1v) is 8.76. The highest BCUT2D eigenvalue weighted by Crippen LogP contribution is 2.35. The second-order valence-electron chi connectivity index (χ2n) is 5.46. The number of phenols is 1. The van der Waals surface area contributed by atoms with Crippen LogP contribution in [-0.2, 0) is 4.79 Å². The molecule has 0 radical (unpaired) electrons. The standard InChI is InChI=1S/C19H17FN2O3S/c1-3-22-18(24)17(11-12-4-9-15(23)16(10-12)25-2)26-19(22)21-14-7-5-13(20)6-8-14/h4-11,23H,3H2,1-2H3/b17-11+,21-19?. The number of carbonyl (C=O) groups excluding carboxylic acids is 1. The molecule has 1 saturated heterocycles. The number of amides is 1. The summed E-state index contributed by atoms with van der Waals surface area (Å²) in [5, 5.41) is 10.2. The molecule has 0 spiro atoms. The van der Waals surface area contributed by atoms with Crippen molar-refractivity contribution in [3.63, 3.8) is 0 Å². The molecule has 1 aliphatic heterocycles. The van der Waals surface area contributed by atoms with Gasteiger partial charge in [0.25, 0.3) is 5.91 Å². The fourth-order valence-electron chi connectivity index (χ4n) is 2.43. The molecule has 7 heteroatoms. The van der Waals surface area contributed by atoms with Crippen LogP contribution in [0.2, 0.25) is 0 Å². The van der Waals surface area contributed by atoms with Gasteiger partial charge in [0.1, 0.15) is 5.82 Å². The van der Waals surface area contributed by atoms with E-state index in [-0.39, 0.29) is 17.5 Å². The van der Waals surface area contributed by atoms with E-state index in [1.54, 1.807) is 35.2 Å². The van der Waals surface area contributed by atoms with E-state index in [4.69, 9.17) is 4.74 Å². The molecule has 1 N–H and O–H groups in total. The SMILES string of the molecule is CCN1C(=O)/C(=C\c2ccc(O)c(OC)c2)SC1=Nc1ccc(F)cc1. The topological polar surface area (TPSA) is 62.1 Å². The normalized spacial score (nSPS) is 17.3. The van der Waals surface area contributed by atoms with Crippen molar-refractivity contribution in [3.05, 3.63) is 58.8 Å². The second kappa shape index (κ2) is 7.61. The summed E-state index contributed by atoms with van der Waals surface area (Å²) < 4.78 is 18.1. The Morgan fingerprint density at radius 2 is 2.00 bits per heavy atom. The molecule has 1 aliphatic rings. The Morgan fingerprint density at radius 1 is 1.27 bits per heavy atom. The minimum Gasteiger partial charge on any atom is -0.504 e. The summed E-state index contributed by atoms with van der Waals surface area (Å²) in [5.74, 6) is -0.111. The lowest BCUT2D eigenvalue weighted by atomic mass is 10.2. The van der Waals surface area contributed by atoms with Gasteiger partial charge < -0.3 is 9.84 Å². The molecule has 0 aliphatic carbocycles. The number of aromatic hydroxyl groups is 1. The Kier molecular flexibility index (Phi) is 5.27. The van der Waals surface area contributed by atoms with Crippen molar-refractivity contribution >= 4 is 34.6 Å². The molecule has 0 atom stereocenters. The van der Waals surface area contributed by atoms with E-state index in [1.165, 1.54) is 37.1 Å². The maximum absolute atomic E-state index is 13.0. The van der Waals surface area contributed by atoms with Gasteiger partial charge in [-0.05, 0) is 66.7 Å². The monoisotopic (exact) mass is 372 g/mol. The number of benzene rings is 2. The lowest BCUT2D eigenvalue weighted by Gasteiger charge is -2.11. The highest BCUT2D eigenvalue weighted by molar-refractivity contribution is 8.18. The van der Waals surface area contributed by atoms with Crippen molar-refractivity contribution in [2.24, 2.45) is 4.99 Å². The number of hydrogen-bond acceptors (Lipinski definition) is 5. The first kappa shape index (κ1) is 18.0. The van der Waals surface area contributed by atoms with Gasteiger partial charge in [-0.15, -0.1) is 0 Å². The van der Waals surface area contributed by atoms with Gasteiger partial charge in [0, 0.05) is 6.54 Å². The first-order valence-electron chi connectivity index (χ1n) is 7.94. The van der Waals surface area contributed by atoms with Gasteiger partial charge in [-0.1, -0.05) is 6.07 Å². The molecule has 1 fully saturated rings. The number of aliphatic imine (C=N–C) groups is 1. The Hall–Kier alpha value is -2.80. The molecule has 0 aromatic heterocycles. The molecule has 26 heavy (non-hydrogen) atoms. The number of hydrogen-bond donors (Lipinski definition) is 1. The largest absolute Gasteiger partial charge is 0.504 e. The number of amidine groups is 1. The number of thioether (sulfide) groups is 1. The minimum atomic E-state index is -0.335. The summed E-state index contributed by atoms with van der Waals surface area (Å²) in [5.41, 5.74) is 1.31. The van der Waals surface area contributed by atoms with Crippen LogP contribution >= 0.6 is 11.8 Å². The Morgan fingerprint density at radius 3 is 2.65 bits per heavy atom. The highest BCUT2D eigenvalue weighted by Gasteiger charge is 2.32. The highest BCUT2D eigenvalue weighted by atomic mass is 32.2. The van der Waals surface area contributed by atoms with Crippen LogP contribution in [0.3, 0.4) is 0 Å². The van der Waals surface area contributed by atoms with Crippen molar-refractivity contribution < 1.29 is 19.0 Å². The number of likely N-dealkylation sites (N-methyl/N-ethyl adjacent to an activating group) is 1. The number of nitrogens with zero attached hydrogens (tertiary/aromatic N) is 2. The lowest BCUT2D eigenvalue weighted by molar-refractivity contribution is -0.122. The van der Waals surface area contributed by atoms with Crippen LogP contribution in [0.25, 0.3) is 6.08 Å². The maximum Gasteiger partial charge on any atom is 0.266 e. The van der Waals surface area contributed by atoms with E-state index >= 15 is 0 Å². The van der Waals surface area contributed by atoms with E-state index in [1.807, 2.05) is 6.92 Å². The summed E-state index contributed by atoms with van der Waals surface area (Å²) in [4.78, 5) is 19.2. The number of phenolic OH excluding ortho intramolecular Hbond substituents is 1. The van der Waals surface area contributed by atoms with E-state index in [0.717, 1.165) is 5.56 Å². The number of carbonyl (C=O) groups is 1. The van der Waals surface area contributed by atoms with Crippen molar-refractivity contribution in [2.45, 2.75) is 6.92 Å². The van der Waals surface area contributed by atoms with Crippen molar-refractivity contribution in [1.29, 1.82) is 0 Å². The summed E-state index contributed by atoms with van der Waals surface area (Å²) in [6.07, 6.45) is 1.73. The fraction of sp³-hybridized carbons (Fsp3) is 0.158. The molecular weight excluding hydrogens is 355 g/mol. The van der Waals surface area contributed by atoms with Crippen molar-refractivity contribution in [1.82, 2.24) is 4.90 Å². The minimum absolute atomic E-state index is 0.0359. The summed E-state index contributed by atoms with van der Waals surface area (Å²) >= 11 is 1.25. The Balaban J connectivity index is 1.92. The molecule has 134 valence electrons. The second-order valence-corrected chi connectivity index (χ2v) is 6.47. The lowest BCUT2D eigenvalue weighted by Crippen LogP contribution is -2.28. The summed E-state index contributed by atoms with van der Waals surface area (Å²) in [7, 11) is 1.47. The van der Waals surface area contributed by atoms with Gasteiger partial charge in [-0.3, -0.25) is 9.69 Å². The molecule has 0 unspecified atom stereocenters. The van der Waals surface area contributed by atoms with Crippen LogP contribution in [0.5, 0.6) is 11.5 Å². The third-order valence-electron chi connectivity index (χ3n) is 3.76. The average molecular weight is 372 g/mol. The first-order chi connectivity index (χ1) is 12.5. The number of halogens is 1. The summed E-state index contributed by atoms with van der Waals surface area (Å²) in [6.45, 7) is 2.34. The quantitative estimate of drug-likeness (QED) is 0.819. The zero-order valence-electron chi connectivity index (χ0n) is 14.3. The third kappa shape index (κ3) is 3.72. The van der Waals surface area contributed by atoms with Crippen molar-refractivity contribution in [2.75, 3.05) is 13.7 Å². The van der Waals surface area contributed by atoms with Gasteiger partial charge in [-0.25, -0.2) is 9.38 Å². The van der Waals surface area contributed by atoms with Crippen LogP contribution < -0.4 is 4.74 Å². The maximum atomic E-state index is 13.0. The average Bonchev–Trinajstić information content (AvgIpc) is 2.93. The van der Waals surface area contributed by atoms with Gasteiger partial charge in [0.15, 0.2) is 16.7 Å². The van der Waals surface area contributed by atoms with Gasteiger partial charge in [0.05, 0.1) is 17.7 Å². The predicted molar refractivity (Wildman–Crippen MR) is 101 cm³/mol. The Bertz CT molecular complexity index is 894. The van der Waals surface area contributed by atoms with Gasteiger partial charge in [0.2, 0.25) is 0 Å². The van der Waals surface area contributed by atoms with E-state index in [9.17, 15) is 14.3 Å². The molecule has 3 rings (SSSR count). The van der Waals surface area contributed by atoms with Crippen LogP contribution in [0.4, 0.5) is 10.1 Å². The van der Waals surface area contributed by atoms with Crippen LogP contribution in [-0.4, -0.2) is 34.7 Å². The predicted octanol–water partition coefficient (Wildman–Crippen LogP) is 4.16. The zero-order chi connectivity index (χ0) is 18.7. The van der Waals surface area contributed by atoms with Crippen LogP contribution in [0.15, 0.2) is 52.4 Å². The molecule has 0 bridgehead atoms. The summed E-state index contributed by atoms with van der Waals surface area (Å²) in [6, 6.07) is 10.7. The Labute approximate surface area is 154 Å². The molecule has 2 aromatic rings. The zero-order valence-corrected chi connectivity index (χ0v) is 15.1. The third-order valence-corrected chi connectivity index (χ3v) is 4.76. The van der Waals surface area contributed by atoms with E-state index < -0.39 is 0 Å². The number of methoxy groups -OCH3 is 1. The molecule has 2 aromatic carbocycles. The van der Waals surface area contributed by atoms with Gasteiger partial charge >= 0.3 is 0 Å². The van der Waals surface area contributed by atoms with Crippen LogP contribution in [0, 0.1) is 5.82 Å². The van der Waals surface area contributed by atoms with Gasteiger partial charge in [-0.2, -0.15) is 0 Å². The molecule has 1 amide bonds. The fourth-order valence-corrected chi connectivity index (χ4v) is 3.49. The molecule has 0 saturated carbocycles. The number of ether oxygens (including phenoxy) is 1. The molecule has 5 nitrogen and oxygen atoms in total. The molecular formula is C19H17FN2O3S. The van der Waals surface area contributed by atoms with Crippen LogP contribution in [0.1, 0.15) is 12.5 Å². The molecule has 1 heterocycles. The van der Waals surface area contributed by atoms with Crippen molar-refractivity contribution in [3.8, 4) is 11.5 Å². The smallest absolute Gasteiger partial charge is 0.266 e.